The fraction of sp³-hybridized carbons (Fsp3) is 0.750. The lowest BCUT2D eigenvalue weighted by molar-refractivity contribution is -0.157. The fourth-order valence-corrected chi connectivity index (χ4v) is 2.86. The van der Waals surface area contributed by atoms with Crippen molar-refractivity contribution in [1.29, 1.82) is 0 Å². The molecular weight excluding hydrogens is 320 g/mol. The zero-order valence-electron chi connectivity index (χ0n) is 16.5. The first-order valence-electron chi connectivity index (χ1n) is 9.06. The molecule has 0 aliphatic heterocycles. The summed E-state index contributed by atoms with van der Waals surface area (Å²) < 4.78 is 5.42. The van der Waals surface area contributed by atoms with Gasteiger partial charge in [-0.2, -0.15) is 0 Å². The molecule has 1 fully saturated rings. The van der Waals surface area contributed by atoms with E-state index in [2.05, 4.69) is 0 Å². The van der Waals surface area contributed by atoms with Crippen molar-refractivity contribution in [2.24, 2.45) is 23.2 Å². The number of carbonyl (C=O) groups is 3. The third kappa shape index (κ3) is 5.68. The lowest BCUT2D eigenvalue weighted by Gasteiger charge is -2.21. The van der Waals surface area contributed by atoms with Crippen molar-refractivity contribution in [3.63, 3.8) is 0 Å². The zero-order valence-corrected chi connectivity index (χ0v) is 16.5. The van der Waals surface area contributed by atoms with Crippen LogP contribution in [0.1, 0.15) is 67.7 Å². The van der Waals surface area contributed by atoms with Crippen LogP contribution in [0, 0.1) is 23.2 Å². The zero-order chi connectivity index (χ0) is 19.5. The lowest BCUT2D eigenvalue weighted by Crippen LogP contribution is -2.31. The molecule has 0 heterocycles. The van der Waals surface area contributed by atoms with Gasteiger partial charge in [-0.25, -0.2) is 0 Å². The highest BCUT2D eigenvalue weighted by atomic mass is 16.5. The summed E-state index contributed by atoms with van der Waals surface area (Å²) in [4.78, 5) is 37.6. The summed E-state index contributed by atoms with van der Waals surface area (Å²) in [6.07, 6.45) is 0.256. The Labute approximate surface area is 150 Å². The van der Waals surface area contributed by atoms with Gasteiger partial charge in [0.05, 0.1) is 12.3 Å². The molecule has 0 amide bonds. The Kier molecular flexibility index (Phi) is 6.98. The van der Waals surface area contributed by atoms with Gasteiger partial charge in [-0.1, -0.05) is 54.9 Å². The number of Topliss-reactive ketones (excluding diaryl/α,β-unsaturated/α-hetero) is 2. The molecule has 5 nitrogen and oxygen atoms in total. The molecule has 1 aliphatic rings. The topological polar surface area (TPSA) is 80.7 Å². The van der Waals surface area contributed by atoms with Crippen LogP contribution in [0.5, 0.6) is 0 Å². The highest BCUT2D eigenvalue weighted by Crippen LogP contribution is 2.34. The number of ether oxygens (including phenoxy) is 1. The predicted molar refractivity (Wildman–Crippen MR) is 96.0 cm³/mol. The van der Waals surface area contributed by atoms with Crippen LogP contribution in [0.3, 0.4) is 0 Å². The van der Waals surface area contributed by atoms with Gasteiger partial charge < -0.3 is 9.84 Å². The van der Waals surface area contributed by atoms with E-state index in [-0.39, 0.29) is 29.1 Å². The Morgan fingerprint density at radius 1 is 1.12 bits per heavy atom. The second kappa shape index (κ2) is 8.15. The molecule has 1 aliphatic carbocycles. The molecule has 5 heteroatoms. The predicted octanol–water partition coefficient (Wildman–Crippen LogP) is 4.01. The van der Waals surface area contributed by atoms with Crippen LogP contribution in [0.15, 0.2) is 11.3 Å². The average Bonchev–Trinajstić information content (AvgIpc) is 2.65. The number of allylic oxidation sites excluding steroid dienone is 1. The van der Waals surface area contributed by atoms with Crippen LogP contribution in [-0.2, 0) is 19.1 Å². The number of carbonyl (C=O) groups excluding carboxylic acids is 3. The molecule has 0 aromatic heterocycles. The van der Waals surface area contributed by atoms with E-state index < -0.39 is 29.6 Å². The minimum atomic E-state index is -1.11. The maximum absolute atomic E-state index is 12.7. The molecule has 1 N–H and O–H groups in total. The van der Waals surface area contributed by atoms with Gasteiger partial charge in [-0.05, 0) is 17.8 Å². The standard InChI is InChI=1S/C20H32O5/c1-11(2)8-9-13-17(23)15(16(22)12(3)4)18(24)19(13)25-14(21)10-20(5,6)7/h11-13,19,22H,8-10H2,1-7H3. The van der Waals surface area contributed by atoms with Crippen molar-refractivity contribution < 1.29 is 24.2 Å². The number of hydrogen-bond acceptors (Lipinski definition) is 5. The van der Waals surface area contributed by atoms with Gasteiger partial charge in [0.1, 0.15) is 11.3 Å². The Bertz CT molecular complexity index is 563. The number of ketones is 2. The summed E-state index contributed by atoms with van der Waals surface area (Å²) >= 11 is 0. The highest BCUT2D eigenvalue weighted by molar-refractivity contribution is 6.29. The number of hydrogen-bond donors (Lipinski definition) is 1. The summed E-state index contributed by atoms with van der Waals surface area (Å²) in [7, 11) is 0. The van der Waals surface area contributed by atoms with Gasteiger partial charge in [0.25, 0.3) is 0 Å². The van der Waals surface area contributed by atoms with Gasteiger partial charge in [0.2, 0.25) is 5.78 Å². The van der Waals surface area contributed by atoms with Crippen LogP contribution >= 0.6 is 0 Å². The highest BCUT2D eigenvalue weighted by Gasteiger charge is 2.49. The molecule has 2 unspecified atom stereocenters. The average molecular weight is 352 g/mol. The van der Waals surface area contributed by atoms with Crippen LogP contribution in [0.2, 0.25) is 0 Å². The molecule has 0 bridgehead atoms. The first-order chi connectivity index (χ1) is 11.3. The lowest BCUT2D eigenvalue weighted by atomic mass is 9.92. The van der Waals surface area contributed by atoms with Crippen molar-refractivity contribution in [3.05, 3.63) is 11.3 Å². The van der Waals surface area contributed by atoms with Gasteiger partial charge >= 0.3 is 5.97 Å². The number of aliphatic hydroxyl groups excluding tert-OH is 1. The molecule has 25 heavy (non-hydrogen) atoms. The molecular formula is C20H32O5. The third-order valence-corrected chi connectivity index (χ3v) is 4.24. The van der Waals surface area contributed by atoms with E-state index in [1.54, 1.807) is 13.8 Å². The van der Waals surface area contributed by atoms with E-state index in [9.17, 15) is 19.5 Å². The molecule has 0 radical (unpaired) electrons. The summed E-state index contributed by atoms with van der Waals surface area (Å²) in [5.41, 5.74) is -0.452. The molecule has 0 spiro atoms. The molecule has 0 aromatic carbocycles. The second-order valence-corrected chi connectivity index (χ2v) is 8.87. The molecule has 1 saturated carbocycles. The molecule has 142 valence electrons. The van der Waals surface area contributed by atoms with E-state index in [0.717, 1.165) is 6.42 Å². The van der Waals surface area contributed by atoms with Crippen molar-refractivity contribution in [1.82, 2.24) is 0 Å². The van der Waals surface area contributed by atoms with E-state index in [1.165, 1.54) is 0 Å². The Balaban J connectivity index is 3.12. The summed E-state index contributed by atoms with van der Waals surface area (Å²) in [6.45, 7) is 13.2. The van der Waals surface area contributed by atoms with Crippen molar-refractivity contribution in [2.45, 2.75) is 73.8 Å². The second-order valence-electron chi connectivity index (χ2n) is 8.87. The smallest absolute Gasteiger partial charge is 0.307 e. The first kappa shape index (κ1) is 21.4. The van der Waals surface area contributed by atoms with Gasteiger partial charge in [-0.3, -0.25) is 14.4 Å². The van der Waals surface area contributed by atoms with Gasteiger partial charge in [0.15, 0.2) is 11.9 Å². The molecule has 2 atom stereocenters. The Morgan fingerprint density at radius 3 is 2.12 bits per heavy atom. The van der Waals surface area contributed by atoms with Crippen molar-refractivity contribution >= 4 is 17.5 Å². The first-order valence-corrected chi connectivity index (χ1v) is 9.06. The van der Waals surface area contributed by atoms with E-state index >= 15 is 0 Å². The van der Waals surface area contributed by atoms with Crippen LogP contribution < -0.4 is 0 Å². The van der Waals surface area contributed by atoms with Crippen LogP contribution in [0.4, 0.5) is 0 Å². The van der Waals surface area contributed by atoms with E-state index in [1.807, 2.05) is 34.6 Å². The van der Waals surface area contributed by atoms with Gasteiger partial charge in [0, 0.05) is 5.92 Å². The maximum Gasteiger partial charge on any atom is 0.307 e. The number of esters is 1. The van der Waals surface area contributed by atoms with E-state index in [0.29, 0.717) is 12.3 Å². The third-order valence-electron chi connectivity index (χ3n) is 4.24. The van der Waals surface area contributed by atoms with Crippen molar-refractivity contribution in [3.8, 4) is 0 Å². The summed E-state index contributed by atoms with van der Waals surface area (Å²) in [6, 6.07) is 0. The summed E-state index contributed by atoms with van der Waals surface area (Å²) in [5.74, 6) is -2.33. The van der Waals surface area contributed by atoms with Crippen molar-refractivity contribution in [2.75, 3.05) is 0 Å². The molecule has 0 aromatic rings. The Hall–Kier alpha value is -1.65. The minimum Gasteiger partial charge on any atom is -0.511 e. The quantitative estimate of drug-likeness (QED) is 0.338. The largest absolute Gasteiger partial charge is 0.511 e. The molecule has 1 rings (SSSR count). The number of aliphatic hydroxyl groups is 1. The normalized spacial score (nSPS) is 23.6. The molecule has 0 saturated heterocycles. The summed E-state index contributed by atoms with van der Waals surface area (Å²) in [5, 5.41) is 10.2. The number of rotatable bonds is 6. The maximum atomic E-state index is 12.7. The van der Waals surface area contributed by atoms with E-state index in [4.69, 9.17) is 4.74 Å². The fourth-order valence-electron chi connectivity index (χ4n) is 2.86. The Morgan fingerprint density at radius 2 is 1.68 bits per heavy atom. The van der Waals surface area contributed by atoms with Crippen LogP contribution in [0.25, 0.3) is 0 Å². The monoisotopic (exact) mass is 352 g/mol. The SMILES string of the molecule is CC(C)CCC1C(=O)C(=C(O)C(C)C)C(=O)C1OC(=O)CC(C)(C)C. The van der Waals surface area contributed by atoms with Gasteiger partial charge in [-0.15, -0.1) is 0 Å². The van der Waals surface area contributed by atoms with Crippen LogP contribution in [-0.4, -0.2) is 28.7 Å². The minimum absolute atomic E-state index is 0.164.